The molecule has 2 aromatic heterocycles. The molecule has 1 unspecified atom stereocenters. The number of carbonyl (C=O) groups is 2. The predicted octanol–water partition coefficient (Wildman–Crippen LogP) is 3.64. The van der Waals surface area contributed by atoms with Crippen molar-refractivity contribution >= 4 is 47.1 Å². The van der Waals surface area contributed by atoms with Crippen LogP contribution in [-0.2, 0) is 23.4 Å². The number of amides is 3. The third-order valence-electron chi connectivity index (χ3n) is 7.97. The molecule has 16 nitrogen and oxygen atoms in total. The van der Waals surface area contributed by atoms with Crippen LogP contribution in [0, 0.1) is 11.6 Å². The molecule has 3 aromatic carbocycles. The predicted molar refractivity (Wildman–Crippen MR) is 174 cm³/mol. The number of hydrogen-bond acceptors (Lipinski definition) is 14. The summed E-state index contributed by atoms with van der Waals surface area (Å²) >= 11 is 0. The van der Waals surface area contributed by atoms with E-state index in [-0.39, 0.29) is 48.5 Å². The van der Waals surface area contributed by atoms with Crippen LogP contribution in [0.15, 0.2) is 66.7 Å². The number of nitrogens with zero attached hydrogens (tertiary/aromatic N) is 8. The van der Waals surface area contributed by atoms with E-state index in [4.69, 9.17) is 20.9 Å². The summed E-state index contributed by atoms with van der Waals surface area (Å²) in [5.41, 5.74) is 11.7. The molecular weight excluding hydrogens is 654 g/mol. The summed E-state index contributed by atoms with van der Waals surface area (Å²) in [6, 6.07) is 15.2. The SMILES string of the molecule is CC1(c2ccc3c(c2)OCCO3)C(=O)N(Cc2nc(N)nc(Nc3ccc(F)cc3)n2)C(=O)N1Cc1nc(N)nc(Nc2ccc(F)cc2)n1. The molecular formula is C32H28F2N12O4. The molecule has 3 amide bonds. The normalized spacial score (nSPS) is 16.9. The van der Waals surface area contributed by atoms with Crippen LogP contribution in [0.1, 0.15) is 24.1 Å². The second-order valence-corrected chi connectivity index (χ2v) is 11.3. The lowest BCUT2D eigenvalue weighted by molar-refractivity contribution is -0.133. The second-order valence-electron chi connectivity index (χ2n) is 11.3. The van der Waals surface area contributed by atoms with Gasteiger partial charge in [-0.2, -0.15) is 29.9 Å². The van der Waals surface area contributed by atoms with Crippen LogP contribution in [0.5, 0.6) is 11.5 Å². The van der Waals surface area contributed by atoms with Crippen molar-refractivity contribution in [3.8, 4) is 11.5 Å². The number of benzene rings is 3. The average Bonchev–Trinajstić information content (AvgIpc) is 3.26. The maximum Gasteiger partial charge on any atom is 0.328 e. The molecule has 50 heavy (non-hydrogen) atoms. The first kappa shape index (κ1) is 31.9. The van der Waals surface area contributed by atoms with Gasteiger partial charge in [-0.3, -0.25) is 14.6 Å². The van der Waals surface area contributed by atoms with Crippen LogP contribution in [0.25, 0.3) is 0 Å². The standard InChI is InChI=1S/C32H28F2N12O4/c1-32(17-2-11-22-23(14-17)50-13-12-49-22)26(47)45(15-24-39-27(35)43-29(41-24)37-20-7-3-18(33)4-8-20)31(48)46(32)16-25-40-28(36)44-30(42-25)38-21-9-5-19(34)6-10-21/h2-11,14H,12-13,15-16H2,1H3,(H3,35,37,39,41,43)(H3,36,38,40,42,44). The largest absolute Gasteiger partial charge is 0.486 e. The molecule has 254 valence electrons. The molecule has 7 rings (SSSR count). The van der Waals surface area contributed by atoms with Gasteiger partial charge in [0.1, 0.15) is 30.4 Å². The highest BCUT2D eigenvalue weighted by atomic mass is 19.1. The minimum absolute atomic E-state index is 0.00498. The van der Waals surface area contributed by atoms with Gasteiger partial charge >= 0.3 is 6.03 Å². The van der Waals surface area contributed by atoms with Gasteiger partial charge in [0.25, 0.3) is 5.91 Å². The lowest BCUT2D eigenvalue weighted by Crippen LogP contribution is -2.44. The molecule has 4 heterocycles. The van der Waals surface area contributed by atoms with Gasteiger partial charge in [0.15, 0.2) is 23.1 Å². The van der Waals surface area contributed by atoms with Crippen molar-refractivity contribution in [3.63, 3.8) is 0 Å². The molecule has 0 saturated carbocycles. The van der Waals surface area contributed by atoms with Crippen molar-refractivity contribution in [3.05, 3.63) is 95.6 Å². The van der Waals surface area contributed by atoms with Gasteiger partial charge in [-0.25, -0.2) is 13.6 Å². The zero-order chi connectivity index (χ0) is 35.0. The number of nitrogens with two attached hydrogens (primary N) is 2. The van der Waals surface area contributed by atoms with Gasteiger partial charge in [-0.15, -0.1) is 0 Å². The zero-order valence-electron chi connectivity index (χ0n) is 26.3. The fourth-order valence-corrected chi connectivity index (χ4v) is 5.53. The van der Waals surface area contributed by atoms with Crippen molar-refractivity contribution in [2.75, 3.05) is 35.3 Å². The lowest BCUT2D eigenvalue weighted by Gasteiger charge is -2.32. The molecule has 6 N–H and O–H groups in total. The van der Waals surface area contributed by atoms with Gasteiger partial charge in [0.05, 0.1) is 13.1 Å². The van der Waals surface area contributed by atoms with Gasteiger partial charge < -0.3 is 31.6 Å². The third kappa shape index (κ3) is 6.28. The Morgan fingerprint density at radius 2 is 1.24 bits per heavy atom. The number of nitrogen functional groups attached to an aromatic ring is 2. The minimum Gasteiger partial charge on any atom is -0.486 e. The number of rotatable bonds is 9. The van der Waals surface area contributed by atoms with Crippen LogP contribution < -0.4 is 31.6 Å². The van der Waals surface area contributed by atoms with Crippen molar-refractivity contribution in [2.45, 2.75) is 25.6 Å². The Kier molecular flexibility index (Phi) is 8.10. The van der Waals surface area contributed by atoms with E-state index in [1.807, 2.05) is 0 Å². The quantitative estimate of drug-likeness (QED) is 0.164. The Bertz CT molecular complexity index is 2110. The number of anilines is 6. The number of halogens is 2. The summed E-state index contributed by atoms with van der Waals surface area (Å²) in [6.07, 6.45) is 0. The van der Waals surface area contributed by atoms with Gasteiger partial charge in [0.2, 0.25) is 23.8 Å². The lowest BCUT2D eigenvalue weighted by atomic mass is 9.89. The molecule has 2 aliphatic heterocycles. The van der Waals surface area contributed by atoms with E-state index in [0.29, 0.717) is 41.7 Å². The van der Waals surface area contributed by atoms with E-state index in [1.165, 1.54) is 53.4 Å². The summed E-state index contributed by atoms with van der Waals surface area (Å²) in [7, 11) is 0. The van der Waals surface area contributed by atoms with E-state index in [1.54, 1.807) is 25.1 Å². The molecule has 1 atom stereocenters. The summed E-state index contributed by atoms with van der Waals surface area (Å²) in [6.45, 7) is 1.59. The fraction of sp³-hybridized carbons (Fsp3) is 0.188. The van der Waals surface area contributed by atoms with E-state index in [9.17, 15) is 18.4 Å². The van der Waals surface area contributed by atoms with Gasteiger partial charge in [0, 0.05) is 11.4 Å². The fourth-order valence-electron chi connectivity index (χ4n) is 5.53. The minimum atomic E-state index is -1.62. The first-order valence-corrected chi connectivity index (χ1v) is 15.1. The number of carbonyl (C=O) groups excluding carboxylic acids is 2. The Balaban J connectivity index is 1.23. The molecule has 2 aliphatic rings. The number of urea groups is 1. The molecule has 0 spiro atoms. The smallest absolute Gasteiger partial charge is 0.328 e. The Morgan fingerprint density at radius 1 is 0.720 bits per heavy atom. The number of nitrogens with one attached hydrogen (secondary N) is 2. The first-order valence-electron chi connectivity index (χ1n) is 15.1. The summed E-state index contributed by atoms with van der Waals surface area (Å²) in [5, 5.41) is 5.85. The Hall–Kier alpha value is -6.72. The van der Waals surface area contributed by atoms with E-state index < -0.39 is 29.1 Å². The first-order chi connectivity index (χ1) is 24.0. The van der Waals surface area contributed by atoms with Crippen molar-refractivity contribution in [1.82, 2.24) is 39.7 Å². The van der Waals surface area contributed by atoms with Gasteiger partial charge in [-0.05, 0) is 73.2 Å². The molecule has 0 bridgehead atoms. The zero-order valence-corrected chi connectivity index (χ0v) is 26.3. The molecule has 18 heteroatoms. The van der Waals surface area contributed by atoms with Crippen LogP contribution in [0.4, 0.5) is 48.7 Å². The summed E-state index contributed by atoms with van der Waals surface area (Å²) in [5.74, 6) is -0.770. The maximum atomic E-state index is 14.4. The molecule has 5 aromatic rings. The van der Waals surface area contributed by atoms with Crippen LogP contribution >= 0.6 is 0 Å². The number of aromatic nitrogens is 6. The van der Waals surface area contributed by atoms with Gasteiger partial charge in [-0.1, -0.05) is 6.07 Å². The van der Waals surface area contributed by atoms with Crippen molar-refractivity contribution < 1.29 is 27.8 Å². The summed E-state index contributed by atoms with van der Waals surface area (Å²) < 4.78 is 38.3. The molecule has 0 radical (unpaired) electrons. The van der Waals surface area contributed by atoms with Crippen molar-refractivity contribution in [2.24, 2.45) is 0 Å². The highest BCUT2D eigenvalue weighted by Gasteiger charge is 2.56. The molecule has 1 fully saturated rings. The number of ether oxygens (including phenoxy) is 2. The Labute approximate surface area is 282 Å². The number of hydrogen-bond donors (Lipinski definition) is 4. The van der Waals surface area contributed by atoms with E-state index in [2.05, 4.69) is 40.5 Å². The van der Waals surface area contributed by atoms with Crippen LogP contribution in [0.2, 0.25) is 0 Å². The summed E-state index contributed by atoms with van der Waals surface area (Å²) in [4.78, 5) is 56.3. The second kappa shape index (κ2) is 12.7. The Morgan fingerprint density at radius 3 is 1.80 bits per heavy atom. The maximum absolute atomic E-state index is 14.4. The van der Waals surface area contributed by atoms with Crippen molar-refractivity contribution in [1.29, 1.82) is 0 Å². The van der Waals surface area contributed by atoms with E-state index >= 15 is 0 Å². The highest BCUT2D eigenvalue weighted by Crippen LogP contribution is 2.42. The average molecular weight is 683 g/mol. The number of imide groups is 1. The molecule has 1 saturated heterocycles. The van der Waals surface area contributed by atoms with Crippen LogP contribution in [0.3, 0.4) is 0 Å². The topological polar surface area (TPSA) is 213 Å². The number of fused-ring (bicyclic) bond motifs is 1. The monoisotopic (exact) mass is 682 g/mol. The molecule has 0 aliphatic carbocycles. The highest BCUT2D eigenvalue weighted by molar-refractivity contribution is 6.07. The van der Waals surface area contributed by atoms with Crippen LogP contribution in [-0.4, -0.2) is 64.9 Å². The van der Waals surface area contributed by atoms with E-state index in [0.717, 1.165) is 4.90 Å². The third-order valence-corrected chi connectivity index (χ3v) is 7.97.